The number of hydrogen-bond acceptors (Lipinski definition) is 5. The molecule has 0 aliphatic carbocycles. The van der Waals surface area contributed by atoms with E-state index in [1.165, 1.54) is 14.2 Å². The van der Waals surface area contributed by atoms with Crippen molar-refractivity contribution in [2.75, 3.05) is 39.2 Å². The van der Waals surface area contributed by atoms with Crippen molar-refractivity contribution in [2.45, 2.75) is 13.3 Å². The van der Waals surface area contributed by atoms with Crippen LogP contribution in [0.15, 0.2) is 42.5 Å². The normalized spacial score (nSPS) is 17.8. The molecule has 1 fully saturated rings. The van der Waals surface area contributed by atoms with Gasteiger partial charge in [0.15, 0.2) is 11.5 Å². The molecule has 0 spiro atoms. The van der Waals surface area contributed by atoms with Gasteiger partial charge >= 0.3 is 0 Å². The molecule has 1 unspecified atom stereocenters. The maximum absolute atomic E-state index is 13.3. The maximum atomic E-state index is 13.3. The standard InChI is InChI=1S/C22H27N3O4.ClH/c1-22(13-23)9-10-25(14-22)21(27)16-11-18(28-2)19(29-3)12-17(16)24-20(26)15-7-5-4-6-8-15;/h4-8,11-12H,9-10,13-14,23H2,1-3H3,(H,24,26);1H. The van der Waals surface area contributed by atoms with Crippen LogP contribution in [-0.2, 0) is 0 Å². The molecule has 1 aliphatic heterocycles. The fraction of sp³-hybridized carbons (Fsp3) is 0.364. The van der Waals surface area contributed by atoms with Gasteiger partial charge in [0.1, 0.15) is 0 Å². The predicted molar refractivity (Wildman–Crippen MR) is 119 cm³/mol. The third kappa shape index (κ3) is 4.86. The number of hydrogen-bond donors (Lipinski definition) is 2. The summed E-state index contributed by atoms with van der Waals surface area (Å²) in [4.78, 5) is 27.8. The summed E-state index contributed by atoms with van der Waals surface area (Å²) in [6.45, 7) is 3.78. The topological polar surface area (TPSA) is 93.9 Å². The van der Waals surface area contributed by atoms with Gasteiger partial charge in [0, 0.05) is 24.7 Å². The van der Waals surface area contributed by atoms with E-state index in [9.17, 15) is 9.59 Å². The molecule has 30 heavy (non-hydrogen) atoms. The van der Waals surface area contributed by atoms with Crippen LogP contribution in [0.5, 0.6) is 11.5 Å². The minimum Gasteiger partial charge on any atom is -0.493 e. The lowest BCUT2D eigenvalue weighted by molar-refractivity contribution is 0.0777. The summed E-state index contributed by atoms with van der Waals surface area (Å²) in [6, 6.07) is 12.1. The fourth-order valence-electron chi connectivity index (χ4n) is 3.48. The monoisotopic (exact) mass is 433 g/mol. The molecule has 3 rings (SSSR count). The number of carbonyl (C=O) groups is 2. The van der Waals surface area contributed by atoms with Crippen LogP contribution in [0.2, 0.25) is 0 Å². The molecular formula is C22H28ClN3O4. The lowest BCUT2D eigenvalue weighted by Crippen LogP contribution is -2.35. The molecule has 0 bridgehead atoms. The predicted octanol–water partition coefficient (Wildman–Crippen LogP) is 3.19. The van der Waals surface area contributed by atoms with E-state index in [1.807, 2.05) is 6.07 Å². The first-order valence-corrected chi connectivity index (χ1v) is 9.52. The summed E-state index contributed by atoms with van der Waals surface area (Å²) in [5, 5.41) is 2.85. The van der Waals surface area contributed by atoms with Crippen LogP contribution in [0, 0.1) is 5.41 Å². The third-order valence-electron chi connectivity index (χ3n) is 5.38. The number of rotatable bonds is 6. The number of nitrogens with two attached hydrogens (primary N) is 1. The summed E-state index contributed by atoms with van der Waals surface area (Å²) in [5.74, 6) is 0.376. The number of halogens is 1. The molecule has 1 saturated heterocycles. The number of anilines is 1. The molecule has 162 valence electrons. The average molecular weight is 434 g/mol. The number of carbonyl (C=O) groups excluding carboxylic acids is 2. The zero-order valence-electron chi connectivity index (χ0n) is 17.4. The Morgan fingerprint density at radius 1 is 1.13 bits per heavy atom. The van der Waals surface area contributed by atoms with E-state index in [4.69, 9.17) is 15.2 Å². The van der Waals surface area contributed by atoms with Gasteiger partial charge in [0.25, 0.3) is 11.8 Å². The fourth-order valence-corrected chi connectivity index (χ4v) is 3.48. The largest absolute Gasteiger partial charge is 0.493 e. The summed E-state index contributed by atoms with van der Waals surface area (Å²) in [5.41, 5.74) is 7.01. The minimum absolute atomic E-state index is 0. The molecule has 2 aromatic carbocycles. The van der Waals surface area contributed by atoms with E-state index in [1.54, 1.807) is 41.3 Å². The Labute approximate surface area is 182 Å². The zero-order chi connectivity index (χ0) is 21.0. The van der Waals surface area contributed by atoms with Gasteiger partial charge in [-0.3, -0.25) is 9.59 Å². The zero-order valence-corrected chi connectivity index (χ0v) is 18.3. The van der Waals surface area contributed by atoms with Gasteiger partial charge < -0.3 is 25.4 Å². The van der Waals surface area contributed by atoms with Crippen LogP contribution in [0.1, 0.15) is 34.1 Å². The molecule has 3 N–H and O–H groups in total. The van der Waals surface area contributed by atoms with Crippen molar-refractivity contribution < 1.29 is 19.1 Å². The Balaban J connectivity index is 0.00000320. The van der Waals surface area contributed by atoms with Crippen LogP contribution in [0.3, 0.4) is 0 Å². The van der Waals surface area contributed by atoms with E-state index >= 15 is 0 Å². The van der Waals surface area contributed by atoms with Gasteiger partial charge in [-0.1, -0.05) is 25.1 Å². The maximum Gasteiger partial charge on any atom is 0.256 e. The SMILES string of the molecule is COc1cc(NC(=O)c2ccccc2)c(C(=O)N2CCC(C)(CN)C2)cc1OC.Cl. The molecular weight excluding hydrogens is 406 g/mol. The minimum atomic E-state index is -0.305. The van der Waals surface area contributed by atoms with Crippen molar-refractivity contribution in [3.63, 3.8) is 0 Å². The van der Waals surface area contributed by atoms with Crippen molar-refractivity contribution in [3.05, 3.63) is 53.6 Å². The summed E-state index contributed by atoms with van der Waals surface area (Å²) < 4.78 is 10.7. The Morgan fingerprint density at radius 3 is 2.33 bits per heavy atom. The Morgan fingerprint density at radius 2 is 1.77 bits per heavy atom. The summed E-state index contributed by atoms with van der Waals surface area (Å²) in [7, 11) is 3.02. The number of nitrogens with one attached hydrogen (secondary N) is 1. The summed E-state index contributed by atoms with van der Waals surface area (Å²) in [6.07, 6.45) is 0.842. The molecule has 1 heterocycles. The van der Waals surface area contributed by atoms with E-state index in [0.29, 0.717) is 47.9 Å². The Bertz CT molecular complexity index is 907. The number of methoxy groups -OCH3 is 2. The highest BCUT2D eigenvalue weighted by Gasteiger charge is 2.36. The highest BCUT2D eigenvalue weighted by atomic mass is 35.5. The molecule has 2 aromatic rings. The number of amides is 2. The first-order valence-electron chi connectivity index (χ1n) is 9.52. The lowest BCUT2D eigenvalue weighted by atomic mass is 9.90. The number of nitrogens with zero attached hydrogens (tertiary/aromatic N) is 1. The van der Waals surface area contributed by atoms with Crippen LogP contribution in [-0.4, -0.2) is 50.6 Å². The lowest BCUT2D eigenvalue weighted by Gasteiger charge is -2.24. The molecule has 2 amide bonds. The van der Waals surface area contributed by atoms with E-state index in [0.717, 1.165) is 6.42 Å². The summed E-state index contributed by atoms with van der Waals surface area (Å²) >= 11 is 0. The van der Waals surface area contributed by atoms with E-state index < -0.39 is 0 Å². The first-order chi connectivity index (χ1) is 13.9. The van der Waals surface area contributed by atoms with Gasteiger partial charge in [0.05, 0.1) is 25.5 Å². The number of likely N-dealkylation sites (tertiary alicyclic amines) is 1. The van der Waals surface area contributed by atoms with Crippen LogP contribution < -0.4 is 20.5 Å². The van der Waals surface area contributed by atoms with Crippen LogP contribution in [0.4, 0.5) is 5.69 Å². The first kappa shape index (κ1) is 23.5. The Kier molecular flexibility index (Phi) is 7.70. The average Bonchev–Trinajstić information content (AvgIpc) is 3.16. The van der Waals surface area contributed by atoms with Gasteiger partial charge in [-0.05, 0) is 36.6 Å². The molecule has 0 saturated carbocycles. The van der Waals surface area contributed by atoms with Crippen molar-refractivity contribution >= 4 is 29.9 Å². The van der Waals surface area contributed by atoms with Crippen molar-refractivity contribution in [1.29, 1.82) is 0 Å². The van der Waals surface area contributed by atoms with Gasteiger partial charge in [-0.2, -0.15) is 0 Å². The van der Waals surface area contributed by atoms with E-state index in [-0.39, 0.29) is 29.6 Å². The van der Waals surface area contributed by atoms with Crippen molar-refractivity contribution in [3.8, 4) is 11.5 Å². The molecule has 8 heteroatoms. The highest BCUT2D eigenvalue weighted by Crippen LogP contribution is 2.36. The van der Waals surface area contributed by atoms with Crippen LogP contribution in [0.25, 0.3) is 0 Å². The second-order valence-electron chi connectivity index (χ2n) is 7.56. The second kappa shape index (κ2) is 9.82. The Hall–Kier alpha value is -2.77. The second-order valence-corrected chi connectivity index (χ2v) is 7.56. The highest BCUT2D eigenvalue weighted by molar-refractivity contribution is 6.09. The third-order valence-corrected chi connectivity index (χ3v) is 5.38. The van der Waals surface area contributed by atoms with Crippen molar-refractivity contribution in [1.82, 2.24) is 4.90 Å². The van der Waals surface area contributed by atoms with Crippen LogP contribution >= 0.6 is 12.4 Å². The number of ether oxygens (including phenoxy) is 2. The number of benzene rings is 2. The molecule has 0 aromatic heterocycles. The quantitative estimate of drug-likeness (QED) is 0.729. The van der Waals surface area contributed by atoms with Gasteiger partial charge in [-0.15, -0.1) is 12.4 Å². The molecule has 7 nitrogen and oxygen atoms in total. The van der Waals surface area contributed by atoms with Gasteiger partial charge in [-0.25, -0.2) is 0 Å². The smallest absolute Gasteiger partial charge is 0.256 e. The van der Waals surface area contributed by atoms with Crippen molar-refractivity contribution in [2.24, 2.45) is 11.1 Å². The molecule has 0 radical (unpaired) electrons. The van der Waals surface area contributed by atoms with Gasteiger partial charge in [0.2, 0.25) is 0 Å². The van der Waals surface area contributed by atoms with E-state index in [2.05, 4.69) is 12.2 Å². The molecule has 1 atom stereocenters. The molecule has 1 aliphatic rings.